The second-order valence-corrected chi connectivity index (χ2v) is 3.92. The molecule has 102 valence electrons. The highest BCUT2D eigenvalue weighted by atomic mass is 19.4. The zero-order chi connectivity index (χ0) is 13.6. The minimum Gasteiger partial charge on any atom is -0.493 e. The molecule has 0 saturated carbocycles. The maximum atomic E-state index is 12.7. The third-order valence-electron chi connectivity index (χ3n) is 2.54. The zero-order valence-corrected chi connectivity index (χ0v) is 9.78. The summed E-state index contributed by atoms with van der Waals surface area (Å²) in [5.74, 6) is -0.363. The highest BCUT2D eigenvalue weighted by molar-refractivity contribution is 5.35. The molecular weight excluding hydrogens is 247 g/mol. The Morgan fingerprint density at radius 3 is 2.50 bits per heavy atom. The van der Waals surface area contributed by atoms with E-state index < -0.39 is 11.7 Å². The molecule has 0 amide bonds. The van der Waals surface area contributed by atoms with E-state index in [2.05, 4.69) is 0 Å². The molecule has 0 radical (unpaired) electrons. The Kier molecular flexibility index (Phi) is 5.43. The lowest BCUT2D eigenvalue weighted by Crippen LogP contribution is -2.23. The fourth-order valence-electron chi connectivity index (χ4n) is 1.49. The van der Waals surface area contributed by atoms with Gasteiger partial charge in [0.25, 0.3) is 0 Å². The summed E-state index contributed by atoms with van der Waals surface area (Å²) >= 11 is 0. The number of aliphatic hydroxyl groups is 1. The van der Waals surface area contributed by atoms with Crippen molar-refractivity contribution in [2.24, 2.45) is 11.7 Å². The topological polar surface area (TPSA) is 55.5 Å². The van der Waals surface area contributed by atoms with Gasteiger partial charge in [-0.2, -0.15) is 13.2 Å². The molecule has 3 nitrogen and oxygen atoms in total. The number of hydrogen-bond donors (Lipinski definition) is 2. The number of hydrogen-bond acceptors (Lipinski definition) is 3. The van der Waals surface area contributed by atoms with Gasteiger partial charge in [0.15, 0.2) is 0 Å². The summed E-state index contributed by atoms with van der Waals surface area (Å²) in [5.41, 5.74) is 4.63. The lowest BCUT2D eigenvalue weighted by atomic mass is 10.1. The largest absolute Gasteiger partial charge is 0.493 e. The maximum absolute atomic E-state index is 12.7. The van der Waals surface area contributed by atoms with Crippen molar-refractivity contribution < 1.29 is 23.0 Å². The van der Waals surface area contributed by atoms with Crippen molar-refractivity contribution in [2.45, 2.75) is 12.6 Å². The highest BCUT2D eigenvalue weighted by Crippen LogP contribution is 2.36. The molecule has 0 spiro atoms. The van der Waals surface area contributed by atoms with Crippen LogP contribution >= 0.6 is 0 Å². The quantitative estimate of drug-likeness (QED) is 0.825. The fraction of sp³-hybridized carbons (Fsp3) is 0.500. The number of alkyl halides is 3. The van der Waals surface area contributed by atoms with E-state index in [0.717, 1.165) is 6.07 Å². The number of halogens is 3. The van der Waals surface area contributed by atoms with Gasteiger partial charge in [-0.3, -0.25) is 0 Å². The summed E-state index contributed by atoms with van der Waals surface area (Å²) in [6.07, 6.45) is -4.03. The van der Waals surface area contributed by atoms with Crippen LogP contribution in [-0.2, 0) is 6.18 Å². The van der Waals surface area contributed by atoms with Gasteiger partial charge in [-0.25, -0.2) is 0 Å². The number of benzene rings is 1. The van der Waals surface area contributed by atoms with Crippen LogP contribution in [0.15, 0.2) is 24.3 Å². The molecule has 6 heteroatoms. The average Bonchev–Trinajstić information content (AvgIpc) is 2.33. The smallest absolute Gasteiger partial charge is 0.419 e. The lowest BCUT2D eigenvalue weighted by molar-refractivity contribution is -0.139. The van der Waals surface area contributed by atoms with Gasteiger partial charge in [-0.05, 0) is 25.1 Å². The summed E-state index contributed by atoms with van der Waals surface area (Å²) < 4.78 is 43.1. The molecule has 0 fully saturated rings. The first-order valence-corrected chi connectivity index (χ1v) is 5.59. The van der Waals surface area contributed by atoms with Crippen LogP contribution in [0.4, 0.5) is 13.2 Å². The summed E-state index contributed by atoms with van der Waals surface area (Å²) in [4.78, 5) is 0. The minimum atomic E-state index is -4.44. The number of aliphatic hydroxyl groups excluding tert-OH is 1. The van der Waals surface area contributed by atoms with Crippen LogP contribution in [0.25, 0.3) is 0 Å². The second-order valence-electron chi connectivity index (χ2n) is 3.92. The van der Waals surface area contributed by atoms with E-state index in [1.54, 1.807) is 0 Å². The highest BCUT2D eigenvalue weighted by Gasteiger charge is 2.34. The van der Waals surface area contributed by atoms with Gasteiger partial charge in [0, 0.05) is 12.5 Å². The first-order valence-electron chi connectivity index (χ1n) is 5.59. The van der Waals surface area contributed by atoms with E-state index in [-0.39, 0.29) is 31.4 Å². The molecule has 0 saturated heterocycles. The lowest BCUT2D eigenvalue weighted by Gasteiger charge is -2.17. The van der Waals surface area contributed by atoms with Crippen molar-refractivity contribution in [3.05, 3.63) is 29.8 Å². The van der Waals surface area contributed by atoms with Crippen LogP contribution in [0.2, 0.25) is 0 Å². The van der Waals surface area contributed by atoms with Crippen LogP contribution in [-0.4, -0.2) is 24.9 Å². The average molecular weight is 263 g/mol. The molecule has 0 aliphatic heterocycles. The van der Waals surface area contributed by atoms with Gasteiger partial charge in [0.2, 0.25) is 0 Å². The molecule has 1 atom stereocenters. The Morgan fingerprint density at radius 2 is 1.94 bits per heavy atom. The van der Waals surface area contributed by atoms with E-state index in [0.29, 0.717) is 6.42 Å². The molecule has 0 aromatic heterocycles. The van der Waals surface area contributed by atoms with Gasteiger partial charge in [0.1, 0.15) is 5.75 Å². The normalized spacial score (nSPS) is 13.4. The molecular formula is C12H16F3NO2. The molecule has 0 aliphatic carbocycles. The molecule has 18 heavy (non-hydrogen) atoms. The minimum absolute atomic E-state index is 0.0597. The predicted octanol–water partition coefficient (Wildman–Crippen LogP) is 2.04. The third-order valence-corrected chi connectivity index (χ3v) is 2.54. The molecule has 0 heterocycles. The Bertz CT molecular complexity index is 369. The van der Waals surface area contributed by atoms with Gasteiger partial charge >= 0.3 is 6.18 Å². The zero-order valence-electron chi connectivity index (χ0n) is 9.78. The Hall–Kier alpha value is -1.27. The number of nitrogens with two attached hydrogens (primary N) is 1. The van der Waals surface area contributed by atoms with Crippen LogP contribution in [0.5, 0.6) is 5.75 Å². The van der Waals surface area contributed by atoms with Gasteiger partial charge < -0.3 is 15.6 Å². The van der Waals surface area contributed by atoms with Crippen molar-refractivity contribution in [1.82, 2.24) is 0 Å². The van der Waals surface area contributed by atoms with Crippen molar-refractivity contribution in [1.29, 1.82) is 0 Å². The van der Waals surface area contributed by atoms with Crippen molar-refractivity contribution in [3.63, 3.8) is 0 Å². The van der Waals surface area contributed by atoms with E-state index in [9.17, 15) is 13.2 Å². The molecule has 1 unspecified atom stereocenters. The van der Waals surface area contributed by atoms with E-state index in [1.165, 1.54) is 18.2 Å². The molecule has 0 aliphatic rings. The summed E-state index contributed by atoms with van der Waals surface area (Å²) in [7, 11) is 0. The van der Waals surface area contributed by atoms with Crippen molar-refractivity contribution >= 4 is 0 Å². The van der Waals surface area contributed by atoms with Crippen LogP contribution in [0.1, 0.15) is 12.0 Å². The Balaban J connectivity index is 2.73. The molecule has 1 rings (SSSR count). The fourth-order valence-corrected chi connectivity index (χ4v) is 1.49. The van der Waals surface area contributed by atoms with E-state index in [4.69, 9.17) is 15.6 Å². The number of para-hydroxylation sites is 1. The number of rotatable bonds is 6. The summed E-state index contributed by atoms with van der Waals surface area (Å²) in [6, 6.07) is 5.03. The first kappa shape index (κ1) is 14.8. The van der Waals surface area contributed by atoms with Gasteiger partial charge in [0.05, 0.1) is 12.2 Å². The maximum Gasteiger partial charge on any atom is 0.419 e. The standard InChI is InChI=1S/C12H16F3NO2/c13-12(14,15)10-3-1-2-4-11(10)18-8-9(7-16)5-6-17/h1-4,9,17H,5-8,16H2. The van der Waals surface area contributed by atoms with Crippen LogP contribution < -0.4 is 10.5 Å². The molecule has 0 bridgehead atoms. The molecule has 1 aromatic rings. The van der Waals surface area contributed by atoms with Gasteiger partial charge in [-0.1, -0.05) is 12.1 Å². The second kappa shape index (κ2) is 6.61. The van der Waals surface area contributed by atoms with Crippen LogP contribution in [0, 0.1) is 5.92 Å². The van der Waals surface area contributed by atoms with E-state index in [1.807, 2.05) is 0 Å². The van der Waals surface area contributed by atoms with Crippen LogP contribution in [0.3, 0.4) is 0 Å². The Labute approximate surface area is 103 Å². The summed E-state index contributed by atoms with van der Waals surface area (Å²) in [5, 5.41) is 8.76. The first-order chi connectivity index (χ1) is 8.49. The van der Waals surface area contributed by atoms with Gasteiger partial charge in [-0.15, -0.1) is 0 Å². The summed E-state index contributed by atoms with van der Waals surface area (Å²) in [6.45, 7) is 0.255. The predicted molar refractivity (Wildman–Crippen MR) is 61.2 cm³/mol. The monoisotopic (exact) mass is 263 g/mol. The molecule has 1 aromatic carbocycles. The number of ether oxygens (including phenoxy) is 1. The van der Waals surface area contributed by atoms with Crippen molar-refractivity contribution in [2.75, 3.05) is 19.8 Å². The van der Waals surface area contributed by atoms with E-state index >= 15 is 0 Å². The SMILES string of the molecule is NCC(CCO)COc1ccccc1C(F)(F)F. The molecule has 3 N–H and O–H groups in total. The van der Waals surface area contributed by atoms with Crippen molar-refractivity contribution in [3.8, 4) is 5.75 Å². The Morgan fingerprint density at radius 1 is 1.28 bits per heavy atom. The third kappa shape index (κ3) is 4.19.